The normalized spacial score (nSPS) is 18.3. The number of amides is 1. The highest BCUT2D eigenvalue weighted by molar-refractivity contribution is 9.10. The number of fused-ring (bicyclic) bond motifs is 2. The highest BCUT2D eigenvalue weighted by Crippen LogP contribution is 2.32. The van der Waals surface area contributed by atoms with Crippen LogP contribution < -0.4 is 5.32 Å². The maximum Gasteiger partial charge on any atom is 0.412 e. The van der Waals surface area contributed by atoms with Gasteiger partial charge in [-0.05, 0) is 97.8 Å². The topological polar surface area (TPSA) is 85.2 Å². The van der Waals surface area contributed by atoms with Gasteiger partial charge in [-0.3, -0.25) is 19.9 Å². The smallest absolute Gasteiger partial charge is 0.412 e. The fourth-order valence-electron chi connectivity index (χ4n) is 5.68. The van der Waals surface area contributed by atoms with Crippen LogP contribution in [0, 0.1) is 0 Å². The van der Waals surface area contributed by atoms with Crippen molar-refractivity contribution in [3.8, 4) is 11.3 Å². The number of ether oxygens (including phenoxy) is 1. The Morgan fingerprint density at radius 3 is 2.64 bits per heavy atom. The molecule has 1 atom stereocenters. The Morgan fingerprint density at radius 2 is 1.85 bits per heavy atom. The van der Waals surface area contributed by atoms with Gasteiger partial charge >= 0.3 is 6.09 Å². The lowest BCUT2D eigenvalue weighted by Crippen LogP contribution is -2.42. The van der Waals surface area contributed by atoms with Gasteiger partial charge in [0.15, 0.2) is 0 Å². The molecule has 2 aromatic heterocycles. The Kier molecular flexibility index (Phi) is 6.89. The molecular formula is C30H33BrN6O2. The average molecular weight is 590 g/mol. The molecule has 0 spiro atoms. The van der Waals surface area contributed by atoms with Crippen molar-refractivity contribution in [1.82, 2.24) is 24.6 Å². The van der Waals surface area contributed by atoms with E-state index in [0.717, 1.165) is 71.2 Å². The van der Waals surface area contributed by atoms with E-state index in [0.29, 0.717) is 12.1 Å². The Bertz CT molecular complexity index is 1520. The third-order valence-corrected chi connectivity index (χ3v) is 8.21. The number of aromatic nitrogens is 4. The fourth-order valence-corrected chi connectivity index (χ4v) is 6.12. The van der Waals surface area contributed by atoms with Crippen molar-refractivity contribution in [1.29, 1.82) is 0 Å². The molecule has 6 rings (SSSR count). The van der Waals surface area contributed by atoms with Crippen molar-refractivity contribution in [2.75, 3.05) is 18.4 Å². The number of hydrogen-bond donors (Lipinski definition) is 1. The van der Waals surface area contributed by atoms with Crippen molar-refractivity contribution in [2.24, 2.45) is 0 Å². The number of carbonyl (C=O) groups is 1. The number of anilines is 1. The van der Waals surface area contributed by atoms with Crippen LogP contribution in [0.15, 0.2) is 59.5 Å². The number of para-hydroxylation sites is 1. The van der Waals surface area contributed by atoms with E-state index >= 15 is 0 Å². The van der Waals surface area contributed by atoms with Gasteiger partial charge in [-0.15, -0.1) is 0 Å². The molecule has 2 aliphatic rings. The molecule has 3 heterocycles. The maximum atomic E-state index is 12.2. The second-order valence-corrected chi connectivity index (χ2v) is 12.4. The Hall–Kier alpha value is -3.30. The number of carbonyl (C=O) groups excluding carboxylic acids is 1. The van der Waals surface area contributed by atoms with Gasteiger partial charge in [0.25, 0.3) is 0 Å². The number of piperidine rings is 1. The molecule has 1 aliphatic carbocycles. The summed E-state index contributed by atoms with van der Waals surface area (Å²) in [6.45, 7) is 7.70. The van der Waals surface area contributed by atoms with E-state index in [1.165, 1.54) is 11.1 Å². The van der Waals surface area contributed by atoms with Gasteiger partial charge in [0, 0.05) is 41.1 Å². The summed E-state index contributed by atoms with van der Waals surface area (Å²) in [6.07, 6.45) is 9.60. The second kappa shape index (κ2) is 10.4. The monoisotopic (exact) mass is 588 g/mol. The molecule has 1 unspecified atom stereocenters. The zero-order valence-electron chi connectivity index (χ0n) is 22.5. The van der Waals surface area contributed by atoms with E-state index in [-0.39, 0.29) is 0 Å². The van der Waals surface area contributed by atoms with Crippen LogP contribution >= 0.6 is 15.9 Å². The summed E-state index contributed by atoms with van der Waals surface area (Å²) in [4.78, 5) is 24.2. The van der Waals surface area contributed by atoms with E-state index in [9.17, 15) is 4.79 Å². The lowest BCUT2D eigenvalue weighted by Gasteiger charge is -2.36. The summed E-state index contributed by atoms with van der Waals surface area (Å²) in [6, 6.07) is 13.0. The zero-order chi connectivity index (χ0) is 27.1. The first-order valence-electron chi connectivity index (χ1n) is 13.5. The van der Waals surface area contributed by atoms with Crippen LogP contribution in [0.2, 0.25) is 0 Å². The number of halogens is 1. The predicted octanol–water partition coefficient (Wildman–Crippen LogP) is 6.41. The zero-order valence-corrected chi connectivity index (χ0v) is 24.1. The van der Waals surface area contributed by atoms with Crippen LogP contribution in [-0.4, -0.2) is 55.5 Å². The third-order valence-electron chi connectivity index (χ3n) is 7.57. The van der Waals surface area contributed by atoms with Crippen LogP contribution in [0.4, 0.5) is 10.5 Å². The number of hydrogen-bond acceptors (Lipinski definition) is 6. The summed E-state index contributed by atoms with van der Waals surface area (Å²) in [5.74, 6) is 0. The molecule has 0 bridgehead atoms. The lowest BCUT2D eigenvalue weighted by atomic mass is 10.0. The van der Waals surface area contributed by atoms with Crippen LogP contribution in [0.25, 0.3) is 22.3 Å². The third kappa shape index (κ3) is 5.70. The molecule has 1 fully saturated rings. The van der Waals surface area contributed by atoms with Crippen LogP contribution in [0.1, 0.15) is 50.8 Å². The summed E-state index contributed by atoms with van der Waals surface area (Å²) >= 11 is 3.59. The minimum absolute atomic E-state index is 0.378. The van der Waals surface area contributed by atoms with E-state index in [2.05, 4.69) is 54.1 Å². The molecular weight excluding hydrogens is 556 g/mol. The van der Waals surface area contributed by atoms with Crippen molar-refractivity contribution >= 4 is 38.7 Å². The van der Waals surface area contributed by atoms with E-state index < -0.39 is 11.7 Å². The van der Waals surface area contributed by atoms with Crippen LogP contribution in [0.5, 0.6) is 0 Å². The van der Waals surface area contributed by atoms with E-state index in [1.54, 1.807) is 0 Å². The Morgan fingerprint density at radius 1 is 1.05 bits per heavy atom. The van der Waals surface area contributed by atoms with Crippen molar-refractivity contribution in [3.63, 3.8) is 0 Å². The SMILES string of the molecule is CC(C)(C)OC(=O)Nc1ccc2c(c1)CC(N1CCC(n3cc(-c4cnc5cccc(Br)c5n4)cn3)CC1)C2. The summed E-state index contributed by atoms with van der Waals surface area (Å²) in [7, 11) is 0. The number of benzene rings is 2. The molecule has 0 radical (unpaired) electrons. The molecule has 1 amide bonds. The van der Waals surface area contributed by atoms with Gasteiger partial charge < -0.3 is 4.74 Å². The Labute approximate surface area is 236 Å². The van der Waals surface area contributed by atoms with E-state index in [1.807, 2.05) is 57.4 Å². The second-order valence-electron chi connectivity index (χ2n) is 11.5. The molecule has 0 saturated carbocycles. The van der Waals surface area contributed by atoms with Crippen molar-refractivity contribution < 1.29 is 9.53 Å². The van der Waals surface area contributed by atoms with Crippen molar-refractivity contribution in [3.05, 3.63) is 70.6 Å². The molecule has 1 N–H and O–H groups in total. The molecule has 202 valence electrons. The Balaban J connectivity index is 1.06. The first-order chi connectivity index (χ1) is 18.7. The molecule has 39 heavy (non-hydrogen) atoms. The number of likely N-dealkylation sites (tertiary alicyclic amines) is 1. The molecule has 4 aromatic rings. The predicted molar refractivity (Wildman–Crippen MR) is 156 cm³/mol. The van der Waals surface area contributed by atoms with Crippen molar-refractivity contribution in [2.45, 2.75) is 64.1 Å². The minimum atomic E-state index is -0.516. The standard InChI is InChI=1S/C30H33BrN6O2/c1-30(2,3)39-29(38)34-22-8-7-19-14-24(15-20(19)13-22)36-11-9-23(10-12-36)37-18-21(16-33-37)27-17-32-26-6-4-5-25(31)28(26)35-27/h4-8,13,16-18,23-24H,9-12,14-15H2,1-3H3,(H,34,38). The summed E-state index contributed by atoms with van der Waals surface area (Å²) in [5.41, 5.74) is 6.52. The van der Waals surface area contributed by atoms with Gasteiger partial charge in [-0.1, -0.05) is 12.1 Å². The first kappa shape index (κ1) is 26.0. The lowest BCUT2D eigenvalue weighted by molar-refractivity contribution is 0.0636. The highest BCUT2D eigenvalue weighted by Gasteiger charge is 2.31. The number of nitrogens with one attached hydrogen (secondary N) is 1. The number of rotatable bonds is 4. The fraction of sp³-hybridized carbons (Fsp3) is 0.400. The molecule has 8 nitrogen and oxygen atoms in total. The summed E-state index contributed by atoms with van der Waals surface area (Å²) in [5, 5.41) is 7.58. The van der Waals surface area contributed by atoms with Gasteiger partial charge in [-0.25, -0.2) is 9.78 Å². The molecule has 1 saturated heterocycles. The minimum Gasteiger partial charge on any atom is -0.444 e. The van der Waals surface area contributed by atoms with Crippen LogP contribution in [-0.2, 0) is 17.6 Å². The van der Waals surface area contributed by atoms with Gasteiger partial charge in [0.2, 0.25) is 0 Å². The average Bonchev–Trinajstić information content (AvgIpc) is 3.55. The first-order valence-corrected chi connectivity index (χ1v) is 14.3. The van der Waals surface area contributed by atoms with Gasteiger partial charge in [0.05, 0.1) is 29.6 Å². The van der Waals surface area contributed by atoms with Crippen LogP contribution in [0.3, 0.4) is 0 Å². The molecule has 2 aromatic carbocycles. The largest absolute Gasteiger partial charge is 0.444 e. The highest BCUT2D eigenvalue weighted by atomic mass is 79.9. The quantitative estimate of drug-likeness (QED) is 0.296. The maximum absolute atomic E-state index is 12.2. The van der Waals surface area contributed by atoms with Gasteiger partial charge in [0.1, 0.15) is 11.1 Å². The molecule has 1 aliphatic heterocycles. The number of nitrogens with zero attached hydrogens (tertiary/aromatic N) is 5. The van der Waals surface area contributed by atoms with Gasteiger partial charge in [-0.2, -0.15) is 5.10 Å². The van der Waals surface area contributed by atoms with E-state index in [4.69, 9.17) is 14.8 Å². The summed E-state index contributed by atoms with van der Waals surface area (Å²) < 4.78 is 8.45. The molecule has 9 heteroatoms.